The van der Waals surface area contributed by atoms with Gasteiger partial charge in [0, 0.05) is 42.8 Å². The van der Waals surface area contributed by atoms with E-state index in [4.69, 9.17) is 4.74 Å². The lowest BCUT2D eigenvalue weighted by Crippen LogP contribution is -2.58. The van der Waals surface area contributed by atoms with Crippen LogP contribution in [0.5, 0.6) is 5.75 Å². The number of nitrogens with one attached hydrogen (secondary N) is 2. The van der Waals surface area contributed by atoms with Crippen molar-refractivity contribution < 1.29 is 14.3 Å². The lowest BCUT2D eigenvalue weighted by molar-refractivity contribution is -0.127. The van der Waals surface area contributed by atoms with E-state index in [0.29, 0.717) is 31.0 Å². The van der Waals surface area contributed by atoms with E-state index in [1.807, 2.05) is 48.5 Å². The van der Waals surface area contributed by atoms with Gasteiger partial charge in [-0.25, -0.2) is 0 Å². The first-order valence-corrected chi connectivity index (χ1v) is 10.9. The molecule has 1 aliphatic rings. The van der Waals surface area contributed by atoms with Gasteiger partial charge in [-0.1, -0.05) is 30.3 Å². The Bertz CT molecular complexity index is 1320. The molecule has 7 nitrogen and oxygen atoms in total. The van der Waals surface area contributed by atoms with Crippen molar-refractivity contribution in [3.05, 3.63) is 84.3 Å². The maximum absolute atomic E-state index is 13.5. The standard InChI is InChI=1S/C26H24N4O3/c1-33-24-7-3-6-21-20(24)16-22(29-21)26(32)30-13-12-28-25(31)23(30)15-17-4-2-5-19(14-17)18-8-10-27-11-9-18/h2-11,14,16,23,29H,12-13,15H2,1H3,(H,28,31). The monoisotopic (exact) mass is 440 g/mol. The molecule has 33 heavy (non-hydrogen) atoms. The molecule has 0 bridgehead atoms. The molecule has 1 fully saturated rings. The van der Waals surface area contributed by atoms with Crippen molar-refractivity contribution in [2.45, 2.75) is 12.5 Å². The van der Waals surface area contributed by atoms with E-state index in [9.17, 15) is 9.59 Å². The number of hydrogen-bond donors (Lipinski definition) is 2. The molecule has 5 rings (SSSR count). The number of carbonyl (C=O) groups is 2. The van der Waals surface area contributed by atoms with Crippen LogP contribution in [0.25, 0.3) is 22.0 Å². The summed E-state index contributed by atoms with van der Waals surface area (Å²) in [6.45, 7) is 0.882. The number of methoxy groups -OCH3 is 1. The highest BCUT2D eigenvalue weighted by atomic mass is 16.5. The number of aromatic nitrogens is 2. The fourth-order valence-corrected chi connectivity index (χ4v) is 4.38. The van der Waals surface area contributed by atoms with Gasteiger partial charge in [-0.15, -0.1) is 0 Å². The molecule has 7 heteroatoms. The molecular weight excluding hydrogens is 416 g/mol. The number of pyridine rings is 1. The molecule has 2 aromatic heterocycles. The molecule has 4 aromatic rings. The minimum atomic E-state index is -0.591. The van der Waals surface area contributed by atoms with Crippen LogP contribution in [0.15, 0.2) is 73.1 Å². The van der Waals surface area contributed by atoms with E-state index in [1.165, 1.54) is 0 Å². The average Bonchev–Trinajstić information content (AvgIpc) is 3.30. The number of benzene rings is 2. The summed E-state index contributed by atoms with van der Waals surface area (Å²) in [5, 5.41) is 3.75. The number of H-pyrrole nitrogens is 1. The zero-order valence-electron chi connectivity index (χ0n) is 18.2. The smallest absolute Gasteiger partial charge is 0.271 e. The number of rotatable bonds is 5. The Morgan fingerprint density at radius 2 is 1.91 bits per heavy atom. The van der Waals surface area contributed by atoms with E-state index in [-0.39, 0.29) is 11.8 Å². The van der Waals surface area contributed by atoms with Crippen molar-refractivity contribution in [2.24, 2.45) is 0 Å². The maximum Gasteiger partial charge on any atom is 0.271 e. The molecule has 1 unspecified atom stereocenters. The van der Waals surface area contributed by atoms with Crippen LogP contribution in [0, 0.1) is 0 Å². The third kappa shape index (κ3) is 4.05. The SMILES string of the molecule is COc1cccc2[nH]c(C(=O)N3CCNC(=O)C3Cc3cccc(-c4ccncc4)c3)cc12. The zero-order chi connectivity index (χ0) is 22.8. The minimum absolute atomic E-state index is 0.141. The van der Waals surface area contributed by atoms with Gasteiger partial charge in [0.2, 0.25) is 5.91 Å². The van der Waals surface area contributed by atoms with Crippen molar-refractivity contribution in [3.8, 4) is 16.9 Å². The number of carbonyl (C=O) groups excluding carboxylic acids is 2. The third-order valence-corrected chi connectivity index (χ3v) is 6.04. The van der Waals surface area contributed by atoms with E-state index < -0.39 is 6.04 Å². The fraction of sp³-hybridized carbons (Fsp3) is 0.192. The van der Waals surface area contributed by atoms with E-state index in [2.05, 4.69) is 21.4 Å². The molecule has 0 saturated carbocycles. The van der Waals surface area contributed by atoms with Crippen molar-refractivity contribution >= 4 is 22.7 Å². The molecule has 166 valence electrons. The molecular formula is C26H24N4O3. The third-order valence-electron chi connectivity index (χ3n) is 6.04. The molecule has 1 atom stereocenters. The largest absolute Gasteiger partial charge is 0.496 e. The Labute approximate surface area is 191 Å². The van der Waals surface area contributed by atoms with Crippen LogP contribution in [-0.4, -0.2) is 52.9 Å². The van der Waals surface area contributed by atoms with Gasteiger partial charge in [-0.3, -0.25) is 14.6 Å². The topological polar surface area (TPSA) is 87.3 Å². The Kier molecular flexibility index (Phi) is 5.52. The predicted octanol–water partition coefficient (Wildman–Crippen LogP) is 3.42. The molecule has 0 radical (unpaired) electrons. The summed E-state index contributed by atoms with van der Waals surface area (Å²) in [6.07, 6.45) is 3.94. The van der Waals surface area contributed by atoms with Gasteiger partial charge in [0.1, 0.15) is 17.5 Å². The summed E-state index contributed by atoms with van der Waals surface area (Å²) in [6, 6.07) is 18.8. The number of nitrogens with zero attached hydrogens (tertiary/aromatic N) is 2. The average molecular weight is 441 g/mol. The highest BCUT2D eigenvalue weighted by molar-refractivity contribution is 6.02. The first-order chi connectivity index (χ1) is 16.1. The summed E-state index contributed by atoms with van der Waals surface area (Å²) in [5.74, 6) is 0.361. The van der Waals surface area contributed by atoms with Crippen LogP contribution in [0.3, 0.4) is 0 Å². The van der Waals surface area contributed by atoms with Crippen LogP contribution in [0.1, 0.15) is 16.1 Å². The molecule has 0 aliphatic carbocycles. The number of piperazine rings is 1. The molecule has 2 amide bonds. The maximum atomic E-state index is 13.5. The van der Waals surface area contributed by atoms with Crippen LogP contribution >= 0.6 is 0 Å². The van der Waals surface area contributed by atoms with Crippen LogP contribution in [0.2, 0.25) is 0 Å². The molecule has 1 saturated heterocycles. The molecule has 3 heterocycles. The highest BCUT2D eigenvalue weighted by Gasteiger charge is 2.34. The minimum Gasteiger partial charge on any atom is -0.496 e. The second-order valence-electron chi connectivity index (χ2n) is 8.05. The van der Waals surface area contributed by atoms with Gasteiger partial charge in [-0.2, -0.15) is 0 Å². The molecule has 2 aromatic carbocycles. The Balaban J connectivity index is 1.43. The van der Waals surface area contributed by atoms with Gasteiger partial charge in [0.15, 0.2) is 0 Å². The zero-order valence-corrected chi connectivity index (χ0v) is 18.2. The Morgan fingerprint density at radius 1 is 1.09 bits per heavy atom. The first kappa shape index (κ1) is 20.8. The lowest BCUT2D eigenvalue weighted by Gasteiger charge is -2.35. The van der Waals surface area contributed by atoms with Crippen LogP contribution in [-0.2, 0) is 11.2 Å². The van der Waals surface area contributed by atoms with Gasteiger partial charge in [0.25, 0.3) is 5.91 Å². The number of fused-ring (bicyclic) bond motifs is 1. The summed E-state index contributed by atoms with van der Waals surface area (Å²) in [4.78, 5) is 35.2. The summed E-state index contributed by atoms with van der Waals surface area (Å²) in [5.41, 5.74) is 4.36. The number of ether oxygens (including phenoxy) is 1. The first-order valence-electron chi connectivity index (χ1n) is 10.9. The highest BCUT2D eigenvalue weighted by Crippen LogP contribution is 2.27. The van der Waals surface area contributed by atoms with Crippen LogP contribution < -0.4 is 10.1 Å². The van der Waals surface area contributed by atoms with E-state index in [0.717, 1.165) is 27.6 Å². The Hall–Kier alpha value is -4.13. The number of amides is 2. The van der Waals surface area contributed by atoms with Crippen molar-refractivity contribution in [1.82, 2.24) is 20.2 Å². The Morgan fingerprint density at radius 3 is 2.73 bits per heavy atom. The second kappa shape index (κ2) is 8.78. The fourth-order valence-electron chi connectivity index (χ4n) is 4.38. The second-order valence-corrected chi connectivity index (χ2v) is 8.05. The van der Waals surface area contributed by atoms with Gasteiger partial charge < -0.3 is 19.9 Å². The number of hydrogen-bond acceptors (Lipinski definition) is 4. The number of aromatic amines is 1. The molecule has 2 N–H and O–H groups in total. The van der Waals surface area contributed by atoms with Gasteiger partial charge in [0.05, 0.1) is 7.11 Å². The van der Waals surface area contributed by atoms with Crippen molar-refractivity contribution in [2.75, 3.05) is 20.2 Å². The lowest BCUT2D eigenvalue weighted by atomic mass is 9.98. The quantitative estimate of drug-likeness (QED) is 0.498. The van der Waals surface area contributed by atoms with Crippen molar-refractivity contribution in [3.63, 3.8) is 0 Å². The van der Waals surface area contributed by atoms with E-state index >= 15 is 0 Å². The summed E-state index contributed by atoms with van der Waals surface area (Å²) < 4.78 is 5.42. The van der Waals surface area contributed by atoms with E-state index in [1.54, 1.807) is 30.5 Å². The molecule has 1 aliphatic heterocycles. The summed E-state index contributed by atoms with van der Waals surface area (Å²) >= 11 is 0. The van der Waals surface area contributed by atoms with Crippen LogP contribution in [0.4, 0.5) is 0 Å². The summed E-state index contributed by atoms with van der Waals surface area (Å²) in [7, 11) is 1.61. The molecule has 0 spiro atoms. The van der Waals surface area contributed by atoms with Crippen molar-refractivity contribution in [1.29, 1.82) is 0 Å². The van der Waals surface area contributed by atoms with Gasteiger partial charge in [-0.05, 0) is 47.0 Å². The normalized spacial score (nSPS) is 16.0. The van der Waals surface area contributed by atoms with Gasteiger partial charge >= 0.3 is 0 Å². The predicted molar refractivity (Wildman–Crippen MR) is 126 cm³/mol.